The van der Waals surface area contributed by atoms with Crippen LogP contribution < -0.4 is 4.90 Å². The van der Waals surface area contributed by atoms with Crippen LogP contribution >= 0.6 is 0 Å². The summed E-state index contributed by atoms with van der Waals surface area (Å²) >= 11 is 0. The van der Waals surface area contributed by atoms with Crippen molar-refractivity contribution in [1.29, 1.82) is 0 Å². The molecule has 2 unspecified atom stereocenters. The molecule has 120 valence electrons. The van der Waals surface area contributed by atoms with Crippen LogP contribution in [0, 0.1) is 13.8 Å². The number of rotatable bonds is 2. The summed E-state index contributed by atoms with van der Waals surface area (Å²) in [5.41, 5.74) is 1.96. The summed E-state index contributed by atoms with van der Waals surface area (Å²) in [7, 11) is 0. The fourth-order valence-electron chi connectivity index (χ4n) is 3.77. The summed E-state index contributed by atoms with van der Waals surface area (Å²) < 4.78 is 5.29. The van der Waals surface area contributed by atoms with Gasteiger partial charge in [0.25, 0.3) is 5.91 Å². The summed E-state index contributed by atoms with van der Waals surface area (Å²) in [6, 6.07) is 5.89. The number of anilines is 1. The molecule has 6 nitrogen and oxygen atoms in total. The molecule has 1 amide bonds. The number of aromatic nitrogens is 2. The monoisotopic (exact) mass is 312 g/mol. The molecular weight excluding hydrogens is 292 g/mol. The van der Waals surface area contributed by atoms with Gasteiger partial charge in [-0.1, -0.05) is 0 Å². The lowest BCUT2D eigenvalue weighted by atomic mass is 10.1. The number of nitrogens with zero attached hydrogens (tertiary/aromatic N) is 4. The predicted molar refractivity (Wildman–Crippen MR) is 85.4 cm³/mol. The van der Waals surface area contributed by atoms with Crippen LogP contribution in [0.3, 0.4) is 0 Å². The van der Waals surface area contributed by atoms with Crippen molar-refractivity contribution in [2.24, 2.45) is 0 Å². The molecule has 4 heterocycles. The molecule has 23 heavy (non-hydrogen) atoms. The zero-order valence-corrected chi connectivity index (χ0v) is 13.4. The fourth-order valence-corrected chi connectivity index (χ4v) is 3.77. The van der Waals surface area contributed by atoms with Crippen molar-refractivity contribution in [3.8, 4) is 0 Å². The molecule has 2 aliphatic heterocycles. The van der Waals surface area contributed by atoms with Gasteiger partial charge >= 0.3 is 0 Å². The highest BCUT2D eigenvalue weighted by Gasteiger charge is 2.44. The largest absolute Gasteiger partial charge is 0.459 e. The SMILES string of the molecule is Cc1cc(C)nc(N2CC3CCC(C2)N3C(=O)c2ccco2)n1. The van der Waals surface area contributed by atoms with E-state index in [-0.39, 0.29) is 18.0 Å². The van der Waals surface area contributed by atoms with Crippen LogP contribution in [0.5, 0.6) is 0 Å². The second kappa shape index (κ2) is 5.37. The Morgan fingerprint density at radius 2 is 1.83 bits per heavy atom. The zero-order chi connectivity index (χ0) is 16.0. The topological polar surface area (TPSA) is 62.5 Å². The highest BCUT2D eigenvalue weighted by Crippen LogP contribution is 2.33. The van der Waals surface area contributed by atoms with E-state index in [0.717, 1.165) is 43.3 Å². The minimum atomic E-state index is 0.00323. The quantitative estimate of drug-likeness (QED) is 0.850. The van der Waals surface area contributed by atoms with Gasteiger partial charge in [-0.15, -0.1) is 0 Å². The second-order valence-corrected chi connectivity index (χ2v) is 6.43. The molecule has 2 atom stereocenters. The molecule has 4 rings (SSSR count). The maximum Gasteiger partial charge on any atom is 0.290 e. The Bertz CT molecular complexity index is 694. The molecule has 0 aliphatic carbocycles. The first-order valence-electron chi connectivity index (χ1n) is 8.05. The Labute approximate surface area is 135 Å². The highest BCUT2D eigenvalue weighted by molar-refractivity contribution is 5.92. The van der Waals surface area contributed by atoms with Gasteiger partial charge in [0.1, 0.15) is 0 Å². The molecule has 0 saturated carbocycles. The van der Waals surface area contributed by atoms with Gasteiger partial charge in [-0.05, 0) is 44.9 Å². The van der Waals surface area contributed by atoms with Crippen LogP contribution in [-0.2, 0) is 0 Å². The van der Waals surface area contributed by atoms with Gasteiger partial charge in [-0.3, -0.25) is 4.79 Å². The molecule has 0 radical (unpaired) electrons. The number of carbonyl (C=O) groups is 1. The highest BCUT2D eigenvalue weighted by atomic mass is 16.3. The Hall–Kier alpha value is -2.37. The predicted octanol–water partition coefficient (Wildman–Crippen LogP) is 2.18. The van der Waals surface area contributed by atoms with Crippen molar-refractivity contribution in [3.05, 3.63) is 41.6 Å². The molecule has 0 N–H and O–H groups in total. The fraction of sp³-hybridized carbons (Fsp3) is 0.471. The third-order valence-corrected chi connectivity index (χ3v) is 4.70. The van der Waals surface area contributed by atoms with E-state index < -0.39 is 0 Å². The smallest absolute Gasteiger partial charge is 0.290 e. The lowest BCUT2D eigenvalue weighted by molar-refractivity contribution is 0.0607. The van der Waals surface area contributed by atoms with E-state index in [2.05, 4.69) is 14.9 Å². The first-order valence-corrected chi connectivity index (χ1v) is 8.05. The second-order valence-electron chi connectivity index (χ2n) is 6.43. The molecule has 0 spiro atoms. The number of hydrogen-bond acceptors (Lipinski definition) is 5. The van der Waals surface area contributed by atoms with Crippen molar-refractivity contribution in [3.63, 3.8) is 0 Å². The third-order valence-electron chi connectivity index (χ3n) is 4.70. The maximum absolute atomic E-state index is 12.7. The van der Waals surface area contributed by atoms with Crippen LogP contribution in [0.1, 0.15) is 34.8 Å². The number of furan rings is 1. The number of amides is 1. The van der Waals surface area contributed by atoms with Crippen molar-refractivity contribution in [1.82, 2.24) is 14.9 Å². The number of piperazine rings is 1. The summed E-state index contributed by atoms with van der Waals surface area (Å²) in [6.07, 6.45) is 3.60. The van der Waals surface area contributed by atoms with E-state index in [1.807, 2.05) is 24.8 Å². The minimum absolute atomic E-state index is 0.00323. The molecule has 2 fully saturated rings. The maximum atomic E-state index is 12.7. The summed E-state index contributed by atoms with van der Waals surface area (Å²) in [5, 5.41) is 0. The van der Waals surface area contributed by atoms with Crippen LogP contribution in [-0.4, -0.2) is 45.9 Å². The molecule has 2 saturated heterocycles. The van der Waals surface area contributed by atoms with Gasteiger partial charge in [0, 0.05) is 24.5 Å². The minimum Gasteiger partial charge on any atom is -0.459 e. The van der Waals surface area contributed by atoms with Crippen LogP contribution in [0.25, 0.3) is 0 Å². The standard InChI is InChI=1S/C17H20N4O2/c1-11-8-12(2)19-17(18-11)20-9-13-5-6-14(10-20)21(13)16(22)15-4-3-7-23-15/h3-4,7-8,13-14H,5-6,9-10H2,1-2H3. The Morgan fingerprint density at radius 3 is 2.39 bits per heavy atom. The molecule has 2 bridgehead atoms. The third kappa shape index (κ3) is 2.48. The molecule has 6 heteroatoms. The van der Waals surface area contributed by atoms with E-state index in [1.165, 1.54) is 0 Å². The molecule has 2 aromatic rings. The van der Waals surface area contributed by atoms with Crippen LogP contribution in [0.4, 0.5) is 5.95 Å². The van der Waals surface area contributed by atoms with Gasteiger partial charge in [0.15, 0.2) is 5.76 Å². The van der Waals surface area contributed by atoms with E-state index >= 15 is 0 Å². The molecule has 2 aliphatic rings. The summed E-state index contributed by atoms with van der Waals surface area (Å²) in [6.45, 7) is 5.55. The van der Waals surface area contributed by atoms with E-state index in [1.54, 1.807) is 18.4 Å². The molecule has 0 aromatic carbocycles. The number of carbonyl (C=O) groups excluding carboxylic acids is 1. The first kappa shape index (κ1) is 14.2. The zero-order valence-electron chi connectivity index (χ0n) is 13.4. The van der Waals surface area contributed by atoms with Crippen LogP contribution in [0.15, 0.2) is 28.9 Å². The number of hydrogen-bond donors (Lipinski definition) is 0. The Balaban J connectivity index is 1.57. The van der Waals surface area contributed by atoms with E-state index in [4.69, 9.17) is 4.42 Å². The van der Waals surface area contributed by atoms with Gasteiger partial charge in [0.2, 0.25) is 5.95 Å². The van der Waals surface area contributed by atoms with Crippen molar-refractivity contribution >= 4 is 11.9 Å². The number of aryl methyl sites for hydroxylation is 2. The summed E-state index contributed by atoms with van der Waals surface area (Å²) in [4.78, 5) is 26.0. The summed E-state index contributed by atoms with van der Waals surface area (Å²) in [5.74, 6) is 1.21. The van der Waals surface area contributed by atoms with Gasteiger partial charge in [-0.2, -0.15) is 0 Å². The van der Waals surface area contributed by atoms with Crippen molar-refractivity contribution in [2.75, 3.05) is 18.0 Å². The first-order chi connectivity index (χ1) is 11.1. The van der Waals surface area contributed by atoms with Gasteiger partial charge < -0.3 is 14.2 Å². The molecule has 2 aromatic heterocycles. The number of fused-ring (bicyclic) bond motifs is 2. The molecular formula is C17H20N4O2. The van der Waals surface area contributed by atoms with E-state index in [0.29, 0.717) is 5.76 Å². The van der Waals surface area contributed by atoms with Crippen molar-refractivity contribution in [2.45, 2.75) is 38.8 Å². The Kier molecular flexibility index (Phi) is 3.32. The van der Waals surface area contributed by atoms with Gasteiger partial charge in [-0.25, -0.2) is 9.97 Å². The van der Waals surface area contributed by atoms with E-state index in [9.17, 15) is 4.79 Å². The van der Waals surface area contributed by atoms with Gasteiger partial charge in [0.05, 0.1) is 18.3 Å². The lowest BCUT2D eigenvalue weighted by Gasteiger charge is -2.40. The average molecular weight is 312 g/mol. The normalized spacial score (nSPS) is 23.4. The van der Waals surface area contributed by atoms with Crippen LogP contribution in [0.2, 0.25) is 0 Å². The average Bonchev–Trinajstić information content (AvgIpc) is 3.12. The Morgan fingerprint density at radius 1 is 1.17 bits per heavy atom. The van der Waals surface area contributed by atoms with Crippen molar-refractivity contribution < 1.29 is 9.21 Å². The lowest BCUT2D eigenvalue weighted by Crippen LogP contribution is -2.56.